The zero-order valence-corrected chi connectivity index (χ0v) is 20.9. The first-order chi connectivity index (χ1) is 16.0. The van der Waals surface area contributed by atoms with Crippen LogP contribution < -0.4 is 15.6 Å². The van der Waals surface area contributed by atoms with Crippen molar-refractivity contribution in [3.63, 3.8) is 0 Å². The molecular weight excluding hydrogens is 456 g/mol. The van der Waals surface area contributed by atoms with Gasteiger partial charge in [-0.2, -0.15) is 11.8 Å². The number of hydrogen-bond acceptors (Lipinski definition) is 7. The third-order valence-corrected chi connectivity index (χ3v) is 8.11. The maximum Gasteiger partial charge on any atom is 0.259 e. The second kappa shape index (κ2) is 10.7. The monoisotopic (exact) mass is 486 g/mol. The SMILES string of the molecule is COc1ccccc1C(CNC(=O)CCSCc1nc2sc3c(c2c(=O)[nH]1)CCC3)N(C)C. The first-order valence-corrected chi connectivity index (χ1v) is 13.1. The van der Waals surface area contributed by atoms with E-state index in [-0.39, 0.29) is 17.5 Å². The van der Waals surface area contributed by atoms with Gasteiger partial charge in [0, 0.05) is 29.2 Å². The van der Waals surface area contributed by atoms with Crippen LogP contribution in [0.3, 0.4) is 0 Å². The molecule has 0 bridgehead atoms. The molecule has 0 radical (unpaired) electrons. The highest BCUT2D eigenvalue weighted by Crippen LogP contribution is 2.34. The van der Waals surface area contributed by atoms with Crippen LogP contribution in [-0.4, -0.2) is 54.3 Å². The molecule has 2 N–H and O–H groups in total. The van der Waals surface area contributed by atoms with Crippen molar-refractivity contribution in [3.8, 4) is 5.75 Å². The minimum atomic E-state index is -0.0289. The number of H-pyrrole nitrogens is 1. The lowest BCUT2D eigenvalue weighted by atomic mass is 10.0. The molecule has 7 nitrogen and oxygen atoms in total. The smallest absolute Gasteiger partial charge is 0.259 e. The van der Waals surface area contributed by atoms with E-state index < -0.39 is 0 Å². The number of nitrogens with zero attached hydrogens (tertiary/aromatic N) is 2. The van der Waals surface area contributed by atoms with Crippen LogP contribution in [0, 0.1) is 0 Å². The maximum atomic E-state index is 12.6. The molecule has 2 aromatic heterocycles. The van der Waals surface area contributed by atoms with Crippen LogP contribution in [0.4, 0.5) is 0 Å². The Morgan fingerprint density at radius 3 is 2.94 bits per heavy atom. The van der Waals surface area contributed by atoms with Crippen LogP contribution in [0.15, 0.2) is 29.1 Å². The van der Waals surface area contributed by atoms with Crippen LogP contribution in [0.1, 0.15) is 40.7 Å². The maximum absolute atomic E-state index is 12.6. The Hall–Kier alpha value is -2.36. The first kappa shape index (κ1) is 23.8. The molecule has 0 aliphatic heterocycles. The predicted octanol–water partition coefficient (Wildman–Crippen LogP) is 3.52. The topological polar surface area (TPSA) is 87.3 Å². The molecule has 1 unspecified atom stereocenters. The van der Waals surface area contributed by atoms with E-state index in [1.165, 1.54) is 10.4 Å². The summed E-state index contributed by atoms with van der Waals surface area (Å²) in [6, 6.07) is 7.90. The summed E-state index contributed by atoms with van der Waals surface area (Å²) in [6.07, 6.45) is 3.58. The molecule has 1 aliphatic carbocycles. The van der Waals surface area contributed by atoms with E-state index in [2.05, 4.69) is 20.2 Å². The van der Waals surface area contributed by atoms with Gasteiger partial charge >= 0.3 is 0 Å². The van der Waals surface area contributed by atoms with Crippen molar-refractivity contribution >= 4 is 39.2 Å². The fourth-order valence-electron chi connectivity index (χ4n) is 4.26. The summed E-state index contributed by atoms with van der Waals surface area (Å²) in [7, 11) is 5.64. The minimum absolute atomic E-state index is 0.0100. The number of amides is 1. The molecule has 0 fully saturated rings. The molecule has 0 saturated heterocycles. The second-order valence-corrected chi connectivity index (χ2v) is 10.6. The number of hydrogen-bond donors (Lipinski definition) is 2. The highest BCUT2D eigenvalue weighted by atomic mass is 32.2. The molecule has 4 rings (SSSR count). The summed E-state index contributed by atoms with van der Waals surface area (Å²) in [4.78, 5) is 36.8. The quantitative estimate of drug-likeness (QED) is 0.427. The molecule has 1 aromatic carbocycles. The summed E-state index contributed by atoms with van der Waals surface area (Å²) in [5.74, 6) is 2.76. The van der Waals surface area contributed by atoms with Crippen molar-refractivity contribution in [1.82, 2.24) is 20.2 Å². The Labute approximate surface area is 201 Å². The number of aryl methyl sites for hydroxylation is 2. The van der Waals surface area contributed by atoms with Crippen molar-refractivity contribution in [2.24, 2.45) is 0 Å². The van der Waals surface area contributed by atoms with Gasteiger partial charge in [0.1, 0.15) is 16.4 Å². The number of methoxy groups -OCH3 is 1. The first-order valence-electron chi connectivity index (χ1n) is 11.1. The van der Waals surface area contributed by atoms with E-state index in [1.807, 2.05) is 38.4 Å². The van der Waals surface area contributed by atoms with E-state index in [0.717, 1.165) is 40.8 Å². The Kier molecular flexibility index (Phi) is 7.72. The van der Waals surface area contributed by atoms with Gasteiger partial charge < -0.3 is 19.9 Å². The third kappa shape index (κ3) is 5.42. The summed E-state index contributed by atoms with van der Waals surface area (Å²) >= 11 is 3.26. The Balaban J connectivity index is 1.27. The molecule has 0 saturated carbocycles. The number of aromatic amines is 1. The number of fused-ring (bicyclic) bond motifs is 3. The molecular formula is C24H30N4O3S2. The van der Waals surface area contributed by atoms with Gasteiger partial charge in [0.05, 0.1) is 24.3 Å². The summed E-state index contributed by atoms with van der Waals surface area (Å²) < 4.78 is 5.48. The van der Waals surface area contributed by atoms with E-state index >= 15 is 0 Å². The summed E-state index contributed by atoms with van der Waals surface area (Å²) in [5.41, 5.74) is 2.22. The lowest BCUT2D eigenvalue weighted by Gasteiger charge is -2.26. The van der Waals surface area contributed by atoms with Crippen molar-refractivity contribution in [2.45, 2.75) is 37.5 Å². The van der Waals surface area contributed by atoms with Crippen LogP contribution in [0.25, 0.3) is 10.2 Å². The predicted molar refractivity (Wildman–Crippen MR) is 135 cm³/mol. The number of likely N-dealkylation sites (N-methyl/N-ethyl adjacent to an activating group) is 1. The molecule has 3 aromatic rings. The molecule has 2 heterocycles. The fraction of sp³-hybridized carbons (Fsp3) is 0.458. The van der Waals surface area contributed by atoms with Crippen molar-refractivity contribution in [3.05, 3.63) is 56.4 Å². The van der Waals surface area contributed by atoms with Crippen molar-refractivity contribution in [2.75, 3.05) is 33.5 Å². The zero-order chi connectivity index (χ0) is 23.4. The number of ether oxygens (including phenoxy) is 1. The van der Waals surface area contributed by atoms with Gasteiger partial charge in [-0.25, -0.2) is 4.98 Å². The highest BCUT2D eigenvalue weighted by molar-refractivity contribution is 7.98. The Morgan fingerprint density at radius 2 is 2.15 bits per heavy atom. The summed E-state index contributed by atoms with van der Waals surface area (Å²) in [6.45, 7) is 0.505. The van der Waals surface area contributed by atoms with Crippen molar-refractivity contribution < 1.29 is 9.53 Å². The van der Waals surface area contributed by atoms with Crippen LogP contribution >= 0.6 is 23.1 Å². The van der Waals surface area contributed by atoms with Gasteiger partial charge in [-0.3, -0.25) is 9.59 Å². The number of thiophene rings is 1. The largest absolute Gasteiger partial charge is 0.496 e. The molecule has 1 aliphatic rings. The van der Waals surface area contributed by atoms with Crippen LogP contribution in [0.2, 0.25) is 0 Å². The molecule has 0 spiro atoms. The van der Waals surface area contributed by atoms with Gasteiger partial charge in [-0.15, -0.1) is 11.3 Å². The third-order valence-electron chi connectivity index (χ3n) is 5.95. The average molecular weight is 487 g/mol. The number of thioether (sulfide) groups is 1. The molecule has 1 atom stereocenters. The number of para-hydroxylation sites is 1. The zero-order valence-electron chi connectivity index (χ0n) is 19.3. The Morgan fingerprint density at radius 1 is 1.33 bits per heavy atom. The highest BCUT2D eigenvalue weighted by Gasteiger charge is 2.21. The molecule has 176 valence electrons. The number of aromatic nitrogens is 2. The van der Waals surface area contributed by atoms with E-state index in [0.29, 0.717) is 30.3 Å². The minimum Gasteiger partial charge on any atom is -0.496 e. The van der Waals surface area contributed by atoms with Gasteiger partial charge in [-0.05, 0) is 45.0 Å². The lowest BCUT2D eigenvalue weighted by Crippen LogP contribution is -2.34. The van der Waals surface area contributed by atoms with Gasteiger partial charge in [0.25, 0.3) is 5.56 Å². The van der Waals surface area contributed by atoms with E-state index in [1.54, 1.807) is 30.2 Å². The molecule has 1 amide bonds. The fourth-order valence-corrected chi connectivity index (χ4v) is 6.35. The standard InChI is InChI=1S/C24H30N4O3S2/c1-28(2)17(15-7-4-5-9-18(15)31-3)13-25-21(29)11-12-32-14-20-26-23(30)22-16-8-6-10-19(16)33-24(22)27-20/h4-5,7,9,17H,6,8,10-14H2,1-3H3,(H,25,29)(H,26,27,30). The normalized spacial score (nSPS) is 13.9. The van der Waals surface area contributed by atoms with Gasteiger partial charge in [0.2, 0.25) is 5.91 Å². The Bertz CT molecular complexity index is 1190. The average Bonchev–Trinajstić information content (AvgIpc) is 3.38. The van der Waals surface area contributed by atoms with E-state index in [9.17, 15) is 9.59 Å². The van der Waals surface area contributed by atoms with Gasteiger partial charge in [-0.1, -0.05) is 18.2 Å². The number of rotatable bonds is 10. The summed E-state index contributed by atoms with van der Waals surface area (Å²) in [5, 5.41) is 3.83. The lowest BCUT2D eigenvalue weighted by molar-refractivity contribution is -0.120. The van der Waals surface area contributed by atoms with E-state index in [4.69, 9.17) is 4.74 Å². The van der Waals surface area contributed by atoms with Crippen LogP contribution in [0.5, 0.6) is 5.75 Å². The van der Waals surface area contributed by atoms with Gasteiger partial charge in [0.15, 0.2) is 0 Å². The van der Waals surface area contributed by atoms with Crippen molar-refractivity contribution in [1.29, 1.82) is 0 Å². The molecule has 9 heteroatoms. The number of carbonyl (C=O) groups excluding carboxylic acids is 1. The number of nitrogens with one attached hydrogen (secondary N) is 2. The number of carbonyl (C=O) groups is 1. The molecule has 33 heavy (non-hydrogen) atoms. The number of benzene rings is 1. The second-order valence-electron chi connectivity index (χ2n) is 8.38. The van der Waals surface area contributed by atoms with Crippen LogP contribution in [-0.2, 0) is 23.4 Å².